The van der Waals surface area contributed by atoms with Crippen molar-refractivity contribution in [2.45, 2.75) is 32.7 Å². The van der Waals surface area contributed by atoms with E-state index in [0.29, 0.717) is 0 Å². The Kier molecular flexibility index (Phi) is 5.86. The molecule has 0 amide bonds. The Morgan fingerprint density at radius 3 is 1.74 bits per heavy atom. The second kappa shape index (κ2) is 7.23. The van der Waals surface area contributed by atoms with Gasteiger partial charge in [-0.2, -0.15) is 0 Å². The molecule has 0 N–H and O–H groups in total. The molecule has 1 saturated heterocycles. The fourth-order valence-electron chi connectivity index (χ4n) is 1.58. The van der Waals surface area contributed by atoms with Crippen molar-refractivity contribution in [3.05, 3.63) is 36.5 Å². The fraction of sp³-hybridized carbons (Fsp3) is 0.438. The summed E-state index contributed by atoms with van der Waals surface area (Å²) in [4.78, 5) is 35.5. The van der Waals surface area contributed by atoms with E-state index in [4.69, 9.17) is 18.9 Å². The Morgan fingerprint density at radius 2 is 1.35 bits per heavy atom. The highest BCUT2D eigenvalue weighted by Gasteiger charge is 2.54. The Hall–Kier alpha value is -2.41. The zero-order valence-corrected chi connectivity index (χ0v) is 13.5. The average Bonchev–Trinajstić information content (AvgIpc) is 2.80. The molecule has 1 aliphatic heterocycles. The molecule has 1 heterocycles. The van der Waals surface area contributed by atoms with Crippen LogP contribution in [0.15, 0.2) is 36.5 Å². The predicted octanol–water partition coefficient (Wildman–Crippen LogP) is 1.44. The summed E-state index contributed by atoms with van der Waals surface area (Å²) >= 11 is 0. The summed E-state index contributed by atoms with van der Waals surface area (Å²) < 4.78 is 20.8. The smallest absolute Gasteiger partial charge is 0.336 e. The maximum Gasteiger partial charge on any atom is 0.336 e. The number of carbonyl (C=O) groups excluding carboxylic acids is 3. The molecule has 0 aromatic rings. The maximum absolute atomic E-state index is 11.9. The van der Waals surface area contributed by atoms with Gasteiger partial charge in [-0.05, 0) is 20.8 Å². The number of hydrogen-bond acceptors (Lipinski definition) is 7. The molecule has 0 aromatic carbocycles. The van der Waals surface area contributed by atoms with Crippen molar-refractivity contribution >= 4 is 17.9 Å². The summed E-state index contributed by atoms with van der Waals surface area (Å²) in [6.45, 7) is 14.3. The van der Waals surface area contributed by atoms with Crippen LogP contribution >= 0.6 is 0 Å². The van der Waals surface area contributed by atoms with E-state index in [0.717, 1.165) is 0 Å². The maximum atomic E-state index is 11.9. The van der Waals surface area contributed by atoms with Crippen LogP contribution in [0.25, 0.3) is 0 Å². The molecule has 0 radical (unpaired) electrons. The molecule has 0 saturated carbocycles. The molecule has 1 unspecified atom stereocenters. The molecule has 0 spiro atoms. The Morgan fingerprint density at radius 1 is 0.913 bits per heavy atom. The van der Waals surface area contributed by atoms with Crippen molar-refractivity contribution in [2.24, 2.45) is 0 Å². The zero-order chi connectivity index (χ0) is 17.8. The van der Waals surface area contributed by atoms with Crippen molar-refractivity contribution in [1.82, 2.24) is 0 Å². The highest BCUT2D eigenvalue weighted by atomic mass is 16.8. The zero-order valence-electron chi connectivity index (χ0n) is 13.5. The van der Waals surface area contributed by atoms with E-state index in [1.807, 2.05) is 0 Å². The van der Waals surface area contributed by atoms with Crippen LogP contribution in [0.1, 0.15) is 20.8 Å². The van der Waals surface area contributed by atoms with E-state index in [2.05, 4.69) is 19.7 Å². The lowest BCUT2D eigenvalue weighted by Crippen LogP contribution is -2.51. The van der Waals surface area contributed by atoms with Gasteiger partial charge in [0, 0.05) is 16.7 Å². The lowest BCUT2D eigenvalue weighted by atomic mass is 10.1. The van der Waals surface area contributed by atoms with Gasteiger partial charge in [-0.15, -0.1) is 0 Å². The first kappa shape index (κ1) is 18.6. The predicted molar refractivity (Wildman–Crippen MR) is 80.1 cm³/mol. The van der Waals surface area contributed by atoms with Gasteiger partial charge in [-0.25, -0.2) is 14.4 Å². The molecular weight excluding hydrogens is 304 g/mol. The van der Waals surface area contributed by atoms with E-state index < -0.39 is 29.8 Å². The van der Waals surface area contributed by atoms with Gasteiger partial charge in [-0.1, -0.05) is 19.7 Å². The van der Waals surface area contributed by atoms with Gasteiger partial charge in [0.2, 0.25) is 6.10 Å². The largest absolute Gasteiger partial charge is 0.448 e. The van der Waals surface area contributed by atoms with Crippen LogP contribution in [0.5, 0.6) is 0 Å². The molecule has 0 aliphatic carbocycles. The summed E-state index contributed by atoms with van der Waals surface area (Å²) in [5, 5.41) is 0. The van der Waals surface area contributed by atoms with Crippen LogP contribution in [0.4, 0.5) is 0 Å². The highest BCUT2D eigenvalue weighted by molar-refractivity contribution is 5.89. The van der Waals surface area contributed by atoms with Crippen molar-refractivity contribution in [2.75, 3.05) is 13.2 Å². The molecule has 7 nitrogen and oxygen atoms in total. The van der Waals surface area contributed by atoms with Crippen LogP contribution in [0.3, 0.4) is 0 Å². The lowest BCUT2D eigenvalue weighted by Gasteiger charge is -2.32. The van der Waals surface area contributed by atoms with Gasteiger partial charge in [0.15, 0.2) is 0 Å². The quantitative estimate of drug-likeness (QED) is 0.415. The van der Waals surface area contributed by atoms with Crippen LogP contribution in [-0.2, 0) is 33.3 Å². The minimum Gasteiger partial charge on any atom is -0.448 e. The monoisotopic (exact) mass is 324 g/mol. The van der Waals surface area contributed by atoms with Crippen LogP contribution in [-0.4, -0.2) is 43.0 Å². The van der Waals surface area contributed by atoms with Gasteiger partial charge < -0.3 is 18.9 Å². The second-order valence-electron chi connectivity index (χ2n) is 5.34. The summed E-state index contributed by atoms with van der Waals surface area (Å²) in [6, 6.07) is 0. The molecule has 1 rings (SSSR count). The standard InChI is InChI=1S/C16H20O7/c1-9(2)13(17)21-12-7-20-8-16(12,22-14(18)10(3)4)23-15(19)11(5)6/h12H,1,3,5,7-8H2,2,4,6H3. The SMILES string of the molecule is C=C(C)C(=O)OC1COCC1(OC(=O)C(=C)C)OC(=O)C(=C)C. The van der Waals surface area contributed by atoms with Gasteiger partial charge >= 0.3 is 23.7 Å². The minimum absolute atomic E-state index is 0.0904. The summed E-state index contributed by atoms with van der Waals surface area (Å²) in [6.07, 6.45) is -1.13. The third-order valence-electron chi connectivity index (χ3n) is 2.89. The topological polar surface area (TPSA) is 88.1 Å². The van der Waals surface area contributed by atoms with E-state index in [9.17, 15) is 14.4 Å². The number of esters is 3. The first-order valence-electron chi connectivity index (χ1n) is 6.81. The summed E-state index contributed by atoms with van der Waals surface area (Å²) in [5.74, 6) is -4.22. The first-order valence-corrected chi connectivity index (χ1v) is 6.81. The second-order valence-corrected chi connectivity index (χ2v) is 5.34. The van der Waals surface area contributed by atoms with Gasteiger partial charge in [0.05, 0.1) is 6.61 Å². The van der Waals surface area contributed by atoms with Crippen molar-refractivity contribution in [1.29, 1.82) is 0 Å². The molecular formula is C16H20O7. The highest BCUT2D eigenvalue weighted by Crippen LogP contribution is 2.30. The molecule has 7 heteroatoms. The Balaban J connectivity index is 3.10. The molecule has 0 bridgehead atoms. The molecule has 0 aromatic heterocycles. The fourth-order valence-corrected chi connectivity index (χ4v) is 1.58. The lowest BCUT2D eigenvalue weighted by molar-refractivity contribution is -0.248. The van der Waals surface area contributed by atoms with E-state index in [1.165, 1.54) is 20.8 Å². The van der Waals surface area contributed by atoms with Crippen molar-refractivity contribution < 1.29 is 33.3 Å². The van der Waals surface area contributed by atoms with Crippen LogP contribution in [0.2, 0.25) is 0 Å². The number of ether oxygens (including phenoxy) is 4. The van der Waals surface area contributed by atoms with Gasteiger partial charge in [0.25, 0.3) is 0 Å². The van der Waals surface area contributed by atoms with Crippen LogP contribution < -0.4 is 0 Å². The Bertz CT molecular complexity index is 545. The number of hydrogen-bond donors (Lipinski definition) is 0. The first-order chi connectivity index (χ1) is 10.6. The third-order valence-corrected chi connectivity index (χ3v) is 2.89. The normalized spacial score (nSPS) is 18.7. The van der Waals surface area contributed by atoms with E-state index in [1.54, 1.807) is 0 Å². The average molecular weight is 324 g/mol. The molecule has 23 heavy (non-hydrogen) atoms. The molecule has 1 fully saturated rings. The minimum atomic E-state index is -1.89. The van der Waals surface area contributed by atoms with Crippen molar-refractivity contribution in [3.63, 3.8) is 0 Å². The molecule has 1 atom stereocenters. The van der Waals surface area contributed by atoms with Gasteiger partial charge in [0.1, 0.15) is 6.61 Å². The molecule has 126 valence electrons. The van der Waals surface area contributed by atoms with E-state index >= 15 is 0 Å². The summed E-state index contributed by atoms with van der Waals surface area (Å²) in [5.41, 5.74) is 0.323. The Labute approximate surface area is 134 Å². The number of carbonyl (C=O) groups is 3. The van der Waals surface area contributed by atoms with Crippen molar-refractivity contribution in [3.8, 4) is 0 Å². The van der Waals surface area contributed by atoms with E-state index in [-0.39, 0.29) is 29.9 Å². The third kappa shape index (κ3) is 4.53. The summed E-state index contributed by atoms with van der Waals surface area (Å²) in [7, 11) is 0. The van der Waals surface area contributed by atoms with Gasteiger partial charge in [-0.3, -0.25) is 0 Å². The molecule has 1 aliphatic rings. The van der Waals surface area contributed by atoms with Crippen LogP contribution in [0, 0.1) is 0 Å². The number of rotatable bonds is 6.